The predicted octanol–water partition coefficient (Wildman–Crippen LogP) is 4.87. The number of aryl methyl sites for hydroxylation is 1. The summed E-state index contributed by atoms with van der Waals surface area (Å²) in [5, 5.41) is 0. The SMILES string of the molecule is Cc1nc(-c2ccc(C(C)(C)C)cc2)ncc1C(C)C. The van der Waals surface area contributed by atoms with Crippen molar-refractivity contribution in [3.63, 3.8) is 0 Å². The Morgan fingerprint density at radius 3 is 2.05 bits per heavy atom. The van der Waals surface area contributed by atoms with Gasteiger partial charge in [0.25, 0.3) is 0 Å². The average molecular weight is 268 g/mol. The van der Waals surface area contributed by atoms with Gasteiger partial charge in [0.15, 0.2) is 5.82 Å². The molecule has 106 valence electrons. The Kier molecular flexibility index (Phi) is 3.94. The monoisotopic (exact) mass is 268 g/mol. The molecule has 0 fully saturated rings. The lowest BCUT2D eigenvalue weighted by Crippen LogP contribution is -2.10. The first-order valence-electron chi connectivity index (χ1n) is 7.23. The van der Waals surface area contributed by atoms with Crippen molar-refractivity contribution >= 4 is 0 Å². The molecule has 2 aromatic rings. The van der Waals surface area contributed by atoms with Gasteiger partial charge in [-0.2, -0.15) is 0 Å². The van der Waals surface area contributed by atoms with E-state index in [1.165, 1.54) is 11.1 Å². The fourth-order valence-corrected chi connectivity index (χ4v) is 2.30. The van der Waals surface area contributed by atoms with Crippen molar-refractivity contribution in [2.45, 2.75) is 52.9 Å². The lowest BCUT2D eigenvalue weighted by atomic mass is 9.86. The molecule has 0 aliphatic carbocycles. The van der Waals surface area contributed by atoms with Crippen molar-refractivity contribution < 1.29 is 0 Å². The lowest BCUT2D eigenvalue weighted by molar-refractivity contribution is 0.590. The van der Waals surface area contributed by atoms with Crippen LogP contribution >= 0.6 is 0 Å². The molecule has 1 aromatic carbocycles. The molecular weight excluding hydrogens is 244 g/mol. The van der Waals surface area contributed by atoms with Gasteiger partial charge in [0.05, 0.1) is 0 Å². The van der Waals surface area contributed by atoms with Crippen molar-refractivity contribution in [3.05, 3.63) is 47.3 Å². The molecule has 1 aromatic heterocycles. The molecule has 2 rings (SSSR count). The standard InChI is InChI=1S/C18H24N2/c1-12(2)16-11-19-17(20-13(16)3)14-7-9-15(10-8-14)18(4,5)6/h7-12H,1-6H3. The van der Waals surface area contributed by atoms with Crippen LogP contribution in [0.3, 0.4) is 0 Å². The second-order valence-corrected chi connectivity index (χ2v) is 6.72. The molecule has 20 heavy (non-hydrogen) atoms. The number of hydrogen-bond donors (Lipinski definition) is 0. The Balaban J connectivity index is 2.35. The molecule has 0 N–H and O–H groups in total. The van der Waals surface area contributed by atoms with Gasteiger partial charge in [-0.15, -0.1) is 0 Å². The number of rotatable bonds is 2. The molecule has 0 atom stereocenters. The maximum atomic E-state index is 4.65. The van der Waals surface area contributed by atoms with Crippen LogP contribution in [0.2, 0.25) is 0 Å². The second-order valence-electron chi connectivity index (χ2n) is 6.72. The van der Waals surface area contributed by atoms with Gasteiger partial charge in [0.2, 0.25) is 0 Å². The van der Waals surface area contributed by atoms with Crippen molar-refractivity contribution in [3.8, 4) is 11.4 Å². The zero-order chi connectivity index (χ0) is 14.9. The Labute approximate surface area is 122 Å². The normalized spacial score (nSPS) is 11.9. The average Bonchev–Trinajstić information content (AvgIpc) is 2.37. The number of aromatic nitrogens is 2. The third kappa shape index (κ3) is 3.06. The maximum Gasteiger partial charge on any atom is 0.159 e. The summed E-state index contributed by atoms with van der Waals surface area (Å²) in [5.41, 5.74) is 4.88. The third-order valence-corrected chi connectivity index (χ3v) is 3.65. The molecule has 0 amide bonds. The highest BCUT2D eigenvalue weighted by Gasteiger charge is 2.14. The van der Waals surface area contributed by atoms with E-state index in [-0.39, 0.29) is 5.41 Å². The molecule has 0 aliphatic heterocycles. The highest BCUT2D eigenvalue weighted by Crippen LogP contribution is 2.25. The van der Waals surface area contributed by atoms with E-state index in [0.717, 1.165) is 17.1 Å². The number of benzene rings is 1. The van der Waals surface area contributed by atoms with E-state index < -0.39 is 0 Å². The molecule has 0 radical (unpaired) electrons. The Hall–Kier alpha value is -1.70. The van der Waals surface area contributed by atoms with Crippen molar-refractivity contribution in [1.29, 1.82) is 0 Å². The summed E-state index contributed by atoms with van der Waals surface area (Å²) in [6.07, 6.45) is 1.96. The minimum absolute atomic E-state index is 0.177. The van der Waals surface area contributed by atoms with Crippen LogP contribution in [0.4, 0.5) is 0 Å². The largest absolute Gasteiger partial charge is 0.236 e. The van der Waals surface area contributed by atoms with Crippen molar-refractivity contribution in [1.82, 2.24) is 9.97 Å². The van der Waals surface area contributed by atoms with Crippen LogP contribution in [-0.2, 0) is 5.41 Å². The van der Waals surface area contributed by atoms with E-state index in [1.807, 2.05) is 6.20 Å². The first-order valence-corrected chi connectivity index (χ1v) is 7.23. The fraction of sp³-hybridized carbons (Fsp3) is 0.444. The van der Waals surface area contributed by atoms with Crippen LogP contribution in [0.25, 0.3) is 11.4 Å². The minimum atomic E-state index is 0.177. The quantitative estimate of drug-likeness (QED) is 0.776. The van der Waals surface area contributed by atoms with E-state index in [0.29, 0.717) is 5.92 Å². The van der Waals surface area contributed by atoms with Crippen LogP contribution in [0.15, 0.2) is 30.5 Å². The van der Waals surface area contributed by atoms with Gasteiger partial charge in [-0.25, -0.2) is 9.97 Å². The molecule has 2 nitrogen and oxygen atoms in total. The van der Waals surface area contributed by atoms with E-state index in [4.69, 9.17) is 0 Å². The van der Waals surface area contributed by atoms with Crippen LogP contribution < -0.4 is 0 Å². The van der Waals surface area contributed by atoms with E-state index in [1.54, 1.807) is 0 Å². The molecule has 0 saturated carbocycles. The Morgan fingerprint density at radius 2 is 1.60 bits per heavy atom. The summed E-state index contributed by atoms with van der Waals surface area (Å²) in [7, 11) is 0. The molecule has 0 spiro atoms. The van der Waals surface area contributed by atoms with Gasteiger partial charge < -0.3 is 0 Å². The van der Waals surface area contributed by atoms with Crippen molar-refractivity contribution in [2.24, 2.45) is 0 Å². The topological polar surface area (TPSA) is 25.8 Å². The molecule has 2 heteroatoms. The minimum Gasteiger partial charge on any atom is -0.236 e. The molecule has 0 bridgehead atoms. The smallest absolute Gasteiger partial charge is 0.159 e. The van der Waals surface area contributed by atoms with Crippen LogP contribution in [0, 0.1) is 6.92 Å². The second kappa shape index (κ2) is 5.35. The molecule has 0 aliphatic rings. The Bertz CT molecular complexity index is 590. The van der Waals surface area contributed by atoms with Gasteiger partial charge >= 0.3 is 0 Å². The highest BCUT2D eigenvalue weighted by atomic mass is 14.9. The predicted molar refractivity (Wildman–Crippen MR) is 85.0 cm³/mol. The lowest BCUT2D eigenvalue weighted by Gasteiger charge is -2.19. The highest BCUT2D eigenvalue weighted by molar-refractivity contribution is 5.56. The first kappa shape index (κ1) is 14.7. The summed E-state index contributed by atoms with van der Waals surface area (Å²) >= 11 is 0. The van der Waals surface area contributed by atoms with Gasteiger partial charge in [-0.3, -0.25) is 0 Å². The van der Waals surface area contributed by atoms with Crippen molar-refractivity contribution in [2.75, 3.05) is 0 Å². The van der Waals surface area contributed by atoms with E-state index >= 15 is 0 Å². The number of nitrogens with zero attached hydrogens (tertiary/aromatic N) is 2. The fourth-order valence-electron chi connectivity index (χ4n) is 2.30. The summed E-state index contributed by atoms with van der Waals surface area (Å²) < 4.78 is 0. The molecule has 0 saturated heterocycles. The van der Waals surface area contributed by atoms with Crippen LogP contribution in [-0.4, -0.2) is 9.97 Å². The molecule has 0 unspecified atom stereocenters. The third-order valence-electron chi connectivity index (χ3n) is 3.65. The summed E-state index contributed by atoms with van der Waals surface area (Å²) in [4.78, 5) is 9.16. The zero-order valence-electron chi connectivity index (χ0n) is 13.4. The van der Waals surface area contributed by atoms with Gasteiger partial charge in [0.1, 0.15) is 0 Å². The van der Waals surface area contributed by atoms with Gasteiger partial charge in [-0.05, 0) is 29.4 Å². The zero-order valence-corrected chi connectivity index (χ0v) is 13.4. The first-order chi connectivity index (χ1) is 9.29. The van der Waals surface area contributed by atoms with Crippen LogP contribution in [0.1, 0.15) is 57.4 Å². The summed E-state index contributed by atoms with van der Waals surface area (Å²) in [5.74, 6) is 1.28. The molecule has 1 heterocycles. The summed E-state index contributed by atoms with van der Waals surface area (Å²) in [6, 6.07) is 8.57. The van der Waals surface area contributed by atoms with Crippen LogP contribution in [0.5, 0.6) is 0 Å². The Morgan fingerprint density at radius 1 is 1.00 bits per heavy atom. The van der Waals surface area contributed by atoms with Gasteiger partial charge in [-0.1, -0.05) is 58.9 Å². The van der Waals surface area contributed by atoms with Gasteiger partial charge in [0, 0.05) is 17.5 Å². The summed E-state index contributed by atoms with van der Waals surface area (Å²) in [6.45, 7) is 13.1. The van der Waals surface area contributed by atoms with E-state index in [9.17, 15) is 0 Å². The number of hydrogen-bond acceptors (Lipinski definition) is 2. The van der Waals surface area contributed by atoms with E-state index in [2.05, 4.69) is 75.8 Å². The maximum absolute atomic E-state index is 4.65. The molecular formula is C18H24N2.